The number of carbonyl (C=O) groups excluding carboxylic acids is 1. The zero-order valence-electron chi connectivity index (χ0n) is 13.1. The lowest BCUT2D eigenvalue weighted by molar-refractivity contribution is 0.0792. The Morgan fingerprint density at radius 1 is 1.17 bits per heavy atom. The lowest BCUT2D eigenvalue weighted by atomic mass is 10.1. The summed E-state index contributed by atoms with van der Waals surface area (Å²) in [6.45, 7) is 2.28. The number of nitrogens with one attached hydrogen (secondary N) is 1. The smallest absolute Gasteiger partial charge is 0.256 e. The zero-order chi connectivity index (χ0) is 16.9. The molecule has 5 nitrogen and oxygen atoms in total. The fraction of sp³-hybridized carbons (Fsp3) is 0.353. The van der Waals surface area contributed by atoms with Crippen molar-refractivity contribution in [2.75, 3.05) is 25.0 Å². The van der Waals surface area contributed by atoms with Crippen LogP contribution in [0.25, 0.3) is 0 Å². The predicted molar refractivity (Wildman–Crippen MR) is 95.8 cm³/mol. The van der Waals surface area contributed by atoms with E-state index in [9.17, 15) is 4.79 Å². The molecular weight excluding hydrogens is 347 g/mol. The third kappa shape index (κ3) is 4.16. The molecule has 0 spiro atoms. The van der Waals surface area contributed by atoms with E-state index in [1.165, 1.54) is 0 Å². The molecule has 24 heavy (non-hydrogen) atoms. The molecule has 0 unspecified atom stereocenters. The highest BCUT2D eigenvalue weighted by molar-refractivity contribution is 6.35. The number of aromatic nitrogens is 2. The van der Waals surface area contributed by atoms with Crippen molar-refractivity contribution in [1.82, 2.24) is 14.9 Å². The van der Waals surface area contributed by atoms with Crippen LogP contribution in [0.4, 0.5) is 5.95 Å². The Morgan fingerprint density at radius 2 is 1.88 bits per heavy atom. The molecule has 1 aromatic heterocycles. The minimum atomic E-state index is 0.00648. The highest BCUT2D eigenvalue weighted by Crippen LogP contribution is 2.21. The maximum absolute atomic E-state index is 12.2. The topological polar surface area (TPSA) is 58.1 Å². The van der Waals surface area contributed by atoms with Crippen molar-refractivity contribution in [1.29, 1.82) is 0 Å². The first kappa shape index (κ1) is 17.0. The summed E-state index contributed by atoms with van der Waals surface area (Å²) in [5.41, 5.74) is 1.54. The van der Waals surface area contributed by atoms with Gasteiger partial charge in [-0.25, -0.2) is 9.97 Å². The zero-order valence-corrected chi connectivity index (χ0v) is 14.6. The summed E-state index contributed by atoms with van der Waals surface area (Å²) in [5.74, 6) is 0.505. The SMILES string of the molecule is O=C(c1cnc(NCCc2ccc(Cl)cc2Cl)nc1)N1CCCC1. The van der Waals surface area contributed by atoms with E-state index in [0.717, 1.165) is 37.9 Å². The Bertz CT molecular complexity index is 715. The molecule has 1 aliphatic rings. The summed E-state index contributed by atoms with van der Waals surface area (Å²) in [4.78, 5) is 22.5. The van der Waals surface area contributed by atoms with Gasteiger partial charge in [0.1, 0.15) is 0 Å². The van der Waals surface area contributed by atoms with Gasteiger partial charge in [0.05, 0.1) is 5.56 Å². The Balaban J connectivity index is 1.53. The van der Waals surface area contributed by atoms with E-state index in [1.54, 1.807) is 18.5 Å². The molecule has 0 saturated carbocycles. The standard InChI is InChI=1S/C17H18Cl2N4O/c18-14-4-3-12(15(19)9-14)5-6-20-17-21-10-13(11-22-17)16(24)23-7-1-2-8-23/h3-4,9-11H,1-2,5-8H2,(H,20,21,22). The van der Waals surface area contributed by atoms with E-state index in [1.807, 2.05) is 17.0 Å². The molecule has 1 aliphatic heterocycles. The fourth-order valence-electron chi connectivity index (χ4n) is 2.67. The van der Waals surface area contributed by atoms with Crippen molar-refractivity contribution >= 4 is 35.1 Å². The van der Waals surface area contributed by atoms with E-state index < -0.39 is 0 Å². The summed E-state index contributed by atoms with van der Waals surface area (Å²) >= 11 is 12.0. The van der Waals surface area contributed by atoms with Crippen LogP contribution in [0.5, 0.6) is 0 Å². The van der Waals surface area contributed by atoms with Crippen molar-refractivity contribution < 1.29 is 4.79 Å². The monoisotopic (exact) mass is 364 g/mol. The first-order valence-corrected chi connectivity index (χ1v) is 8.68. The van der Waals surface area contributed by atoms with Gasteiger partial charge in [-0.1, -0.05) is 29.3 Å². The first-order valence-electron chi connectivity index (χ1n) is 7.92. The highest BCUT2D eigenvalue weighted by atomic mass is 35.5. The molecule has 1 amide bonds. The van der Waals surface area contributed by atoms with Gasteiger partial charge in [-0.15, -0.1) is 0 Å². The Morgan fingerprint density at radius 3 is 2.54 bits per heavy atom. The molecule has 0 aliphatic carbocycles. The van der Waals surface area contributed by atoms with Crippen molar-refractivity contribution in [3.63, 3.8) is 0 Å². The summed E-state index contributed by atoms with van der Waals surface area (Å²) < 4.78 is 0. The van der Waals surface area contributed by atoms with Crippen molar-refractivity contribution in [3.05, 3.63) is 51.8 Å². The van der Waals surface area contributed by atoms with Gasteiger partial charge in [-0.05, 0) is 37.0 Å². The van der Waals surface area contributed by atoms with E-state index >= 15 is 0 Å². The average molecular weight is 365 g/mol. The third-order valence-electron chi connectivity index (χ3n) is 3.98. The number of benzene rings is 1. The van der Waals surface area contributed by atoms with Gasteiger partial charge in [0.15, 0.2) is 0 Å². The molecule has 3 rings (SSSR count). The number of hydrogen-bond acceptors (Lipinski definition) is 4. The van der Waals surface area contributed by atoms with E-state index in [2.05, 4.69) is 15.3 Å². The van der Waals surface area contributed by atoms with Crippen LogP contribution in [0.2, 0.25) is 10.0 Å². The lowest BCUT2D eigenvalue weighted by Crippen LogP contribution is -2.27. The summed E-state index contributed by atoms with van der Waals surface area (Å²) in [6.07, 6.45) is 6.02. The van der Waals surface area contributed by atoms with E-state index in [4.69, 9.17) is 23.2 Å². The van der Waals surface area contributed by atoms with Crippen molar-refractivity contribution in [2.24, 2.45) is 0 Å². The van der Waals surface area contributed by atoms with Gasteiger partial charge >= 0.3 is 0 Å². The Kier molecular flexibility index (Phi) is 5.53. The minimum absolute atomic E-state index is 0.00648. The number of anilines is 1. The molecule has 0 radical (unpaired) electrons. The Hall–Kier alpha value is -1.85. The first-order chi connectivity index (χ1) is 11.6. The van der Waals surface area contributed by atoms with Gasteiger partial charge in [0, 0.05) is 42.1 Å². The Labute approximate surface area is 151 Å². The lowest BCUT2D eigenvalue weighted by Gasteiger charge is -2.14. The van der Waals surface area contributed by atoms with Crippen LogP contribution < -0.4 is 5.32 Å². The fourth-order valence-corrected chi connectivity index (χ4v) is 3.17. The molecule has 7 heteroatoms. The second kappa shape index (κ2) is 7.81. The summed E-state index contributed by atoms with van der Waals surface area (Å²) in [7, 11) is 0. The molecule has 126 valence electrons. The van der Waals surface area contributed by atoms with Gasteiger partial charge < -0.3 is 10.2 Å². The molecule has 1 fully saturated rings. The molecule has 0 bridgehead atoms. The molecule has 0 atom stereocenters. The van der Waals surface area contributed by atoms with Crippen LogP contribution in [0.1, 0.15) is 28.8 Å². The maximum atomic E-state index is 12.2. The largest absolute Gasteiger partial charge is 0.354 e. The second-order valence-electron chi connectivity index (χ2n) is 5.71. The van der Waals surface area contributed by atoms with Crippen molar-refractivity contribution in [3.8, 4) is 0 Å². The number of likely N-dealkylation sites (tertiary alicyclic amines) is 1. The van der Waals surface area contributed by atoms with Crippen molar-refractivity contribution in [2.45, 2.75) is 19.3 Å². The van der Waals surface area contributed by atoms with Gasteiger partial charge in [0.2, 0.25) is 5.95 Å². The quantitative estimate of drug-likeness (QED) is 0.878. The number of hydrogen-bond donors (Lipinski definition) is 1. The van der Waals surface area contributed by atoms with Gasteiger partial charge in [-0.3, -0.25) is 4.79 Å². The summed E-state index contributed by atoms with van der Waals surface area (Å²) in [6, 6.07) is 5.46. The van der Waals surface area contributed by atoms with Crippen LogP contribution in [-0.2, 0) is 6.42 Å². The summed E-state index contributed by atoms with van der Waals surface area (Å²) in [5, 5.41) is 4.41. The van der Waals surface area contributed by atoms with Crippen LogP contribution in [0, 0.1) is 0 Å². The average Bonchev–Trinajstić information content (AvgIpc) is 3.11. The van der Waals surface area contributed by atoms with Crippen LogP contribution >= 0.6 is 23.2 Å². The number of rotatable bonds is 5. The molecule has 2 aromatic rings. The van der Waals surface area contributed by atoms with Gasteiger partial charge in [-0.2, -0.15) is 0 Å². The molecule has 2 heterocycles. The number of halogens is 2. The number of amides is 1. The normalized spacial score (nSPS) is 14.0. The third-order valence-corrected chi connectivity index (χ3v) is 4.57. The van der Waals surface area contributed by atoms with E-state index in [-0.39, 0.29) is 5.91 Å². The molecule has 1 N–H and O–H groups in total. The molecular formula is C17H18Cl2N4O. The van der Waals surface area contributed by atoms with Gasteiger partial charge in [0.25, 0.3) is 5.91 Å². The van der Waals surface area contributed by atoms with E-state index in [0.29, 0.717) is 28.1 Å². The second-order valence-corrected chi connectivity index (χ2v) is 6.55. The van der Waals surface area contributed by atoms with Crippen LogP contribution in [0.3, 0.4) is 0 Å². The molecule has 1 aromatic carbocycles. The van der Waals surface area contributed by atoms with Crippen LogP contribution in [0.15, 0.2) is 30.6 Å². The number of nitrogens with zero attached hydrogens (tertiary/aromatic N) is 3. The molecule has 1 saturated heterocycles. The number of carbonyl (C=O) groups is 1. The minimum Gasteiger partial charge on any atom is -0.354 e. The predicted octanol–water partition coefficient (Wildman–Crippen LogP) is 3.67. The van der Waals surface area contributed by atoms with Crippen LogP contribution in [-0.4, -0.2) is 40.4 Å². The highest BCUT2D eigenvalue weighted by Gasteiger charge is 2.19. The maximum Gasteiger partial charge on any atom is 0.256 e.